The maximum absolute atomic E-state index is 11.0. The number of ether oxygens (including phenoxy) is 1. The molecule has 0 radical (unpaired) electrons. The summed E-state index contributed by atoms with van der Waals surface area (Å²) in [7, 11) is 0. The lowest BCUT2D eigenvalue weighted by atomic mass is 10.2. The fourth-order valence-corrected chi connectivity index (χ4v) is 0.690. The highest BCUT2D eigenvalue weighted by Crippen LogP contribution is 2.07. The van der Waals surface area contributed by atoms with Gasteiger partial charge in [0.05, 0.1) is 5.92 Å². The number of amides is 1. The summed E-state index contributed by atoms with van der Waals surface area (Å²) >= 11 is 0. The summed E-state index contributed by atoms with van der Waals surface area (Å²) < 4.78 is 4.86. The molecule has 0 fully saturated rings. The first-order valence-electron chi connectivity index (χ1n) is 4.42. The molecule has 74 valence electrons. The van der Waals surface area contributed by atoms with Crippen LogP contribution < -0.4 is 5.32 Å². The van der Waals surface area contributed by atoms with Crippen LogP contribution >= 0.6 is 0 Å². The summed E-state index contributed by atoms with van der Waals surface area (Å²) in [5.74, 6) is 0.0323. The Morgan fingerprint density at radius 3 is 2.62 bits per heavy atom. The van der Waals surface area contributed by atoms with E-state index in [9.17, 15) is 4.79 Å². The van der Waals surface area contributed by atoms with Crippen molar-refractivity contribution in [1.82, 2.24) is 5.32 Å². The Morgan fingerprint density at radius 1 is 1.62 bits per heavy atom. The number of carbonyl (C=O) groups excluding carboxylic acids is 1. The number of hydrogen-bond acceptors (Lipinski definition) is 2. The summed E-state index contributed by atoms with van der Waals surface area (Å²) in [6.45, 7) is 13.0. The molecule has 0 aromatic rings. The van der Waals surface area contributed by atoms with Crippen LogP contribution in [0, 0.1) is 12.5 Å². The van der Waals surface area contributed by atoms with Gasteiger partial charge in [-0.1, -0.05) is 20.8 Å². The van der Waals surface area contributed by atoms with Crippen LogP contribution in [0.5, 0.6) is 0 Å². The van der Waals surface area contributed by atoms with Gasteiger partial charge in [0.15, 0.2) is 0 Å². The molecule has 13 heavy (non-hydrogen) atoms. The maximum Gasteiger partial charge on any atom is 0.412 e. The van der Waals surface area contributed by atoms with Crippen LogP contribution in [0.15, 0.2) is 0 Å². The zero-order valence-electron chi connectivity index (χ0n) is 8.33. The van der Waals surface area contributed by atoms with Crippen molar-refractivity contribution in [3.63, 3.8) is 0 Å². The van der Waals surface area contributed by atoms with Crippen molar-refractivity contribution in [3.05, 3.63) is 11.4 Å². The van der Waals surface area contributed by atoms with E-state index in [0.717, 1.165) is 6.42 Å². The fraction of sp³-hybridized carbons (Fsp3) is 0.778. The molecule has 1 atom stereocenters. The normalized spacial score (nSPS) is 11.9. The molecule has 0 heterocycles. The molecule has 0 aromatic carbocycles. The van der Waals surface area contributed by atoms with E-state index in [-0.39, 0.29) is 5.92 Å². The Hall–Kier alpha value is -1.24. The Bertz CT molecular complexity index is 196. The summed E-state index contributed by atoms with van der Waals surface area (Å²) in [6.07, 6.45) is -0.312. The number of alkyl carbamates (subject to hydrolysis) is 1. The molecule has 0 rings (SSSR count). The monoisotopic (exact) mass is 184 g/mol. The minimum atomic E-state index is -0.670. The molecule has 0 saturated carbocycles. The van der Waals surface area contributed by atoms with Crippen LogP contribution in [-0.2, 0) is 4.74 Å². The highest BCUT2D eigenvalue weighted by atomic mass is 16.6. The zero-order chi connectivity index (χ0) is 10.3. The molecule has 0 aliphatic heterocycles. The molecule has 1 N–H and O–H groups in total. The molecule has 4 nitrogen and oxygen atoms in total. The van der Waals surface area contributed by atoms with E-state index < -0.39 is 12.3 Å². The standard InChI is InChI=1S/C9H16N2O2/c1-5-6-11-9(12)13-8(10-4)7(2)3/h7-8H,5-6H2,1-3H3,(H,11,12). The lowest BCUT2D eigenvalue weighted by Gasteiger charge is -2.10. The van der Waals surface area contributed by atoms with Gasteiger partial charge in [-0.05, 0) is 6.42 Å². The van der Waals surface area contributed by atoms with E-state index in [1.54, 1.807) is 0 Å². The van der Waals surface area contributed by atoms with Gasteiger partial charge in [-0.25, -0.2) is 11.4 Å². The van der Waals surface area contributed by atoms with Crippen LogP contribution in [0.3, 0.4) is 0 Å². The second kappa shape index (κ2) is 6.30. The van der Waals surface area contributed by atoms with Gasteiger partial charge in [0.25, 0.3) is 0 Å². The predicted molar refractivity (Wildman–Crippen MR) is 50.0 cm³/mol. The van der Waals surface area contributed by atoms with E-state index >= 15 is 0 Å². The molecule has 0 bridgehead atoms. The summed E-state index contributed by atoms with van der Waals surface area (Å²) in [5, 5.41) is 2.55. The second-order valence-electron chi connectivity index (χ2n) is 3.10. The van der Waals surface area contributed by atoms with Gasteiger partial charge in [0.1, 0.15) is 0 Å². The van der Waals surface area contributed by atoms with Gasteiger partial charge in [-0.15, -0.1) is 0 Å². The van der Waals surface area contributed by atoms with Crippen molar-refractivity contribution < 1.29 is 9.53 Å². The molecule has 0 saturated heterocycles. The lowest BCUT2D eigenvalue weighted by molar-refractivity contribution is 0.0962. The van der Waals surface area contributed by atoms with Gasteiger partial charge in [0.2, 0.25) is 0 Å². The van der Waals surface area contributed by atoms with E-state index in [4.69, 9.17) is 11.3 Å². The predicted octanol–water partition coefficient (Wildman–Crippen LogP) is 2.02. The number of nitrogens with zero attached hydrogens (tertiary/aromatic N) is 1. The summed E-state index contributed by atoms with van der Waals surface area (Å²) in [6, 6.07) is 0. The highest BCUT2D eigenvalue weighted by molar-refractivity contribution is 5.67. The molecule has 0 aliphatic rings. The maximum atomic E-state index is 11.0. The largest absolute Gasteiger partial charge is 0.412 e. The van der Waals surface area contributed by atoms with Gasteiger partial charge >= 0.3 is 12.3 Å². The van der Waals surface area contributed by atoms with Gasteiger partial charge < -0.3 is 10.1 Å². The highest BCUT2D eigenvalue weighted by Gasteiger charge is 2.21. The molecule has 0 spiro atoms. The summed E-state index contributed by atoms with van der Waals surface area (Å²) in [4.78, 5) is 14.2. The van der Waals surface area contributed by atoms with Gasteiger partial charge in [0, 0.05) is 6.54 Å². The van der Waals surface area contributed by atoms with Crippen molar-refractivity contribution in [1.29, 1.82) is 0 Å². The molecule has 4 heteroatoms. The van der Waals surface area contributed by atoms with E-state index in [1.807, 2.05) is 20.8 Å². The molecular formula is C9H16N2O2. The van der Waals surface area contributed by atoms with Crippen molar-refractivity contribution >= 4 is 6.09 Å². The number of carbonyl (C=O) groups is 1. The van der Waals surface area contributed by atoms with Gasteiger partial charge in [-0.3, -0.25) is 4.85 Å². The smallest absolute Gasteiger partial charge is 0.374 e. The molecule has 0 aliphatic carbocycles. The lowest BCUT2D eigenvalue weighted by Crippen LogP contribution is -2.30. The third-order valence-electron chi connectivity index (χ3n) is 1.44. The van der Waals surface area contributed by atoms with Crippen LogP contribution in [0.25, 0.3) is 4.85 Å². The molecular weight excluding hydrogens is 168 g/mol. The molecule has 1 amide bonds. The summed E-state index contributed by atoms with van der Waals surface area (Å²) in [5.41, 5.74) is 0. The second-order valence-corrected chi connectivity index (χ2v) is 3.10. The van der Waals surface area contributed by atoms with E-state index in [0.29, 0.717) is 6.54 Å². The van der Waals surface area contributed by atoms with Crippen LogP contribution in [0.2, 0.25) is 0 Å². The first-order valence-corrected chi connectivity index (χ1v) is 4.42. The minimum absolute atomic E-state index is 0.0323. The number of rotatable bonds is 4. The van der Waals surface area contributed by atoms with Crippen molar-refractivity contribution in [3.8, 4) is 0 Å². The first-order chi connectivity index (χ1) is 6.11. The van der Waals surface area contributed by atoms with Crippen LogP contribution in [-0.4, -0.2) is 18.9 Å². The Labute approximate surface area is 79.1 Å². The van der Waals surface area contributed by atoms with Crippen molar-refractivity contribution in [2.24, 2.45) is 5.92 Å². The third kappa shape index (κ3) is 5.07. The molecule has 0 aromatic heterocycles. The quantitative estimate of drug-likeness (QED) is 0.679. The number of hydrogen-bond donors (Lipinski definition) is 1. The van der Waals surface area contributed by atoms with Crippen LogP contribution in [0.4, 0.5) is 4.79 Å². The Morgan fingerprint density at radius 2 is 2.23 bits per heavy atom. The van der Waals surface area contributed by atoms with Crippen molar-refractivity contribution in [2.45, 2.75) is 33.4 Å². The van der Waals surface area contributed by atoms with E-state index in [1.165, 1.54) is 0 Å². The van der Waals surface area contributed by atoms with Crippen molar-refractivity contribution in [2.75, 3.05) is 6.54 Å². The Balaban J connectivity index is 3.82. The van der Waals surface area contributed by atoms with Gasteiger partial charge in [-0.2, -0.15) is 0 Å². The first kappa shape index (κ1) is 11.8. The van der Waals surface area contributed by atoms with E-state index in [2.05, 4.69) is 10.2 Å². The molecule has 1 unspecified atom stereocenters. The minimum Gasteiger partial charge on any atom is -0.374 e. The number of nitrogens with one attached hydrogen (secondary N) is 1. The Kier molecular flexibility index (Phi) is 5.69. The SMILES string of the molecule is [C-]#[N+]C(OC(=O)NCCC)C(C)C. The van der Waals surface area contributed by atoms with Crippen LogP contribution in [0.1, 0.15) is 27.2 Å². The average molecular weight is 184 g/mol. The zero-order valence-corrected chi connectivity index (χ0v) is 8.33. The topological polar surface area (TPSA) is 42.7 Å². The average Bonchev–Trinajstić information content (AvgIpc) is 2.10. The fourth-order valence-electron chi connectivity index (χ4n) is 0.690. The third-order valence-corrected chi connectivity index (χ3v) is 1.44.